The van der Waals surface area contributed by atoms with Crippen LogP contribution in [0.5, 0.6) is 0 Å². The third-order valence-corrected chi connectivity index (χ3v) is 3.03. The van der Waals surface area contributed by atoms with Crippen LogP contribution in [0.2, 0.25) is 0 Å². The Balaban J connectivity index is 2.20. The van der Waals surface area contributed by atoms with Crippen LogP contribution in [0.4, 0.5) is 0 Å². The maximum absolute atomic E-state index is 12.0. The Hall–Kier alpha value is -2.14. The molecule has 1 atom stereocenters. The van der Waals surface area contributed by atoms with Crippen LogP contribution in [0.3, 0.4) is 0 Å². The van der Waals surface area contributed by atoms with Gasteiger partial charge in [-0.1, -0.05) is 12.1 Å². The van der Waals surface area contributed by atoms with Gasteiger partial charge in [0.1, 0.15) is 5.58 Å². The van der Waals surface area contributed by atoms with E-state index in [2.05, 4.69) is 5.32 Å². The molecule has 2 aromatic rings. The van der Waals surface area contributed by atoms with Crippen LogP contribution in [-0.4, -0.2) is 23.7 Å². The van der Waals surface area contributed by atoms with Gasteiger partial charge in [-0.15, -0.1) is 0 Å². The van der Waals surface area contributed by atoms with Crippen LogP contribution in [0.1, 0.15) is 30.3 Å². The third-order valence-electron chi connectivity index (χ3n) is 3.03. The topological polar surface area (TPSA) is 79.5 Å². The van der Waals surface area contributed by atoms with Gasteiger partial charge in [0.15, 0.2) is 11.2 Å². The summed E-state index contributed by atoms with van der Waals surface area (Å²) >= 11 is 0. The van der Waals surface area contributed by atoms with Crippen molar-refractivity contribution in [3.8, 4) is 0 Å². The molecular weight excluding hydrogens is 258 g/mol. The van der Waals surface area contributed by atoms with E-state index in [-0.39, 0.29) is 23.8 Å². The third kappa shape index (κ3) is 3.24. The van der Waals surface area contributed by atoms with Crippen molar-refractivity contribution in [2.75, 3.05) is 6.61 Å². The molecule has 1 unspecified atom stereocenters. The van der Waals surface area contributed by atoms with E-state index in [0.717, 1.165) is 0 Å². The van der Waals surface area contributed by atoms with Gasteiger partial charge in [0.05, 0.1) is 5.39 Å². The molecule has 0 spiro atoms. The first-order chi connectivity index (χ1) is 9.61. The number of rotatable bonds is 5. The molecule has 1 heterocycles. The van der Waals surface area contributed by atoms with Crippen molar-refractivity contribution in [1.29, 1.82) is 0 Å². The predicted molar refractivity (Wildman–Crippen MR) is 75.7 cm³/mol. The van der Waals surface area contributed by atoms with E-state index >= 15 is 0 Å². The Morgan fingerprint density at radius 1 is 1.40 bits per heavy atom. The van der Waals surface area contributed by atoms with E-state index in [9.17, 15) is 9.59 Å². The van der Waals surface area contributed by atoms with Crippen LogP contribution in [0.15, 0.2) is 39.5 Å². The number of aliphatic hydroxyl groups is 1. The van der Waals surface area contributed by atoms with Crippen molar-refractivity contribution in [3.63, 3.8) is 0 Å². The Bertz CT molecular complexity index is 662. The molecule has 0 aliphatic carbocycles. The predicted octanol–water partition coefficient (Wildman–Crippen LogP) is 1.68. The lowest BCUT2D eigenvalue weighted by Gasteiger charge is -2.12. The van der Waals surface area contributed by atoms with E-state index in [4.69, 9.17) is 9.52 Å². The maximum atomic E-state index is 12.0. The Kier molecular flexibility index (Phi) is 4.53. The maximum Gasteiger partial charge on any atom is 0.287 e. The first-order valence-electron chi connectivity index (χ1n) is 6.56. The van der Waals surface area contributed by atoms with Gasteiger partial charge in [0, 0.05) is 18.7 Å². The average Bonchev–Trinajstić information content (AvgIpc) is 2.45. The largest absolute Gasteiger partial charge is 0.451 e. The van der Waals surface area contributed by atoms with Gasteiger partial charge in [-0.25, -0.2) is 0 Å². The number of hydrogen-bond acceptors (Lipinski definition) is 4. The SMILES string of the molecule is CC(CCCO)NC(=O)c1cc(=O)c2ccccc2o1. The highest BCUT2D eigenvalue weighted by Crippen LogP contribution is 2.11. The molecule has 2 N–H and O–H groups in total. The van der Waals surface area contributed by atoms with E-state index in [1.54, 1.807) is 24.3 Å². The zero-order valence-corrected chi connectivity index (χ0v) is 11.3. The lowest BCUT2D eigenvalue weighted by atomic mass is 10.2. The number of amides is 1. The first kappa shape index (κ1) is 14.3. The fourth-order valence-electron chi connectivity index (χ4n) is 1.98. The van der Waals surface area contributed by atoms with E-state index < -0.39 is 5.91 Å². The van der Waals surface area contributed by atoms with Gasteiger partial charge in [0.2, 0.25) is 0 Å². The van der Waals surface area contributed by atoms with Crippen molar-refractivity contribution >= 4 is 16.9 Å². The number of carbonyl (C=O) groups is 1. The highest BCUT2D eigenvalue weighted by atomic mass is 16.3. The number of nitrogens with one attached hydrogen (secondary N) is 1. The van der Waals surface area contributed by atoms with Crippen molar-refractivity contribution in [2.24, 2.45) is 0 Å². The van der Waals surface area contributed by atoms with Gasteiger partial charge >= 0.3 is 0 Å². The summed E-state index contributed by atoms with van der Waals surface area (Å²) in [4.78, 5) is 23.9. The quantitative estimate of drug-likeness (QED) is 0.870. The summed E-state index contributed by atoms with van der Waals surface area (Å²) in [5.41, 5.74) is 0.160. The zero-order valence-electron chi connectivity index (χ0n) is 11.3. The molecule has 5 nitrogen and oxygen atoms in total. The summed E-state index contributed by atoms with van der Waals surface area (Å²) in [5, 5.41) is 11.9. The molecule has 20 heavy (non-hydrogen) atoms. The molecule has 0 saturated carbocycles. The van der Waals surface area contributed by atoms with E-state index in [1.807, 2.05) is 6.92 Å². The molecule has 1 amide bonds. The monoisotopic (exact) mass is 275 g/mol. The first-order valence-corrected chi connectivity index (χ1v) is 6.56. The Morgan fingerprint density at radius 3 is 2.90 bits per heavy atom. The molecule has 1 aromatic heterocycles. The molecule has 2 rings (SSSR count). The van der Waals surface area contributed by atoms with Crippen molar-refractivity contribution < 1.29 is 14.3 Å². The molecule has 0 bridgehead atoms. The van der Waals surface area contributed by atoms with E-state index in [1.165, 1.54) is 6.07 Å². The van der Waals surface area contributed by atoms with Gasteiger partial charge in [-0.2, -0.15) is 0 Å². The number of benzene rings is 1. The Labute approximate surface area is 116 Å². The lowest BCUT2D eigenvalue weighted by Crippen LogP contribution is -2.33. The fraction of sp³-hybridized carbons (Fsp3) is 0.333. The van der Waals surface area contributed by atoms with E-state index in [0.29, 0.717) is 23.8 Å². The van der Waals surface area contributed by atoms with Crippen LogP contribution in [-0.2, 0) is 0 Å². The molecule has 106 valence electrons. The fourth-order valence-corrected chi connectivity index (χ4v) is 1.98. The average molecular weight is 275 g/mol. The zero-order chi connectivity index (χ0) is 14.5. The number of carbonyl (C=O) groups excluding carboxylic acids is 1. The molecule has 0 aliphatic heterocycles. The van der Waals surface area contributed by atoms with Gasteiger partial charge in [0.25, 0.3) is 5.91 Å². The summed E-state index contributed by atoms with van der Waals surface area (Å²) in [6, 6.07) is 7.92. The highest BCUT2D eigenvalue weighted by molar-refractivity contribution is 5.93. The standard InChI is InChI=1S/C15H17NO4/c1-10(5-4-8-17)16-15(19)14-9-12(18)11-6-2-3-7-13(11)20-14/h2-3,6-7,9-10,17H,4-5,8H2,1H3,(H,16,19). The molecule has 0 fully saturated rings. The highest BCUT2D eigenvalue weighted by Gasteiger charge is 2.14. The molecule has 1 aromatic carbocycles. The van der Waals surface area contributed by atoms with Gasteiger partial charge in [-0.3, -0.25) is 9.59 Å². The van der Waals surface area contributed by atoms with Gasteiger partial charge < -0.3 is 14.8 Å². The smallest absolute Gasteiger partial charge is 0.287 e. The van der Waals surface area contributed by atoms with Crippen LogP contribution in [0, 0.1) is 0 Å². The van der Waals surface area contributed by atoms with Crippen LogP contribution < -0.4 is 10.7 Å². The molecule has 0 aliphatic rings. The van der Waals surface area contributed by atoms with Crippen LogP contribution >= 0.6 is 0 Å². The second-order valence-electron chi connectivity index (χ2n) is 4.71. The van der Waals surface area contributed by atoms with Crippen LogP contribution in [0.25, 0.3) is 11.0 Å². The summed E-state index contributed by atoms with van der Waals surface area (Å²) in [6.07, 6.45) is 1.28. The summed E-state index contributed by atoms with van der Waals surface area (Å²) < 4.78 is 5.45. The molecule has 0 saturated heterocycles. The minimum Gasteiger partial charge on any atom is -0.451 e. The molecule has 0 radical (unpaired) electrons. The molecular formula is C15H17NO4. The van der Waals surface area contributed by atoms with Crippen molar-refractivity contribution in [2.45, 2.75) is 25.8 Å². The second kappa shape index (κ2) is 6.34. The second-order valence-corrected chi connectivity index (χ2v) is 4.71. The molecule has 5 heteroatoms. The number of para-hydroxylation sites is 1. The number of hydrogen-bond donors (Lipinski definition) is 2. The van der Waals surface area contributed by atoms with Crippen molar-refractivity contribution in [1.82, 2.24) is 5.32 Å². The summed E-state index contributed by atoms with van der Waals surface area (Å²) in [5.74, 6) is -0.414. The van der Waals surface area contributed by atoms with Crippen molar-refractivity contribution in [3.05, 3.63) is 46.3 Å². The minimum atomic E-state index is -0.418. The summed E-state index contributed by atoms with van der Waals surface area (Å²) in [7, 11) is 0. The Morgan fingerprint density at radius 2 is 2.15 bits per heavy atom. The van der Waals surface area contributed by atoms with Gasteiger partial charge in [-0.05, 0) is 31.9 Å². The summed E-state index contributed by atoms with van der Waals surface area (Å²) in [6.45, 7) is 1.93. The minimum absolute atomic E-state index is 0.00421. The normalized spacial score (nSPS) is 12.3. The number of aliphatic hydroxyl groups excluding tert-OH is 1. The number of fused-ring (bicyclic) bond motifs is 1. The lowest BCUT2D eigenvalue weighted by molar-refractivity contribution is 0.0909.